The van der Waals surface area contributed by atoms with Crippen molar-refractivity contribution in [3.8, 4) is 5.75 Å². The van der Waals surface area contributed by atoms with Crippen molar-refractivity contribution in [2.24, 2.45) is 0 Å². The first kappa shape index (κ1) is 19.7. The van der Waals surface area contributed by atoms with Crippen molar-refractivity contribution < 1.29 is 9.53 Å². The Balaban J connectivity index is 1.22. The van der Waals surface area contributed by atoms with Crippen LogP contribution in [0.3, 0.4) is 0 Å². The number of hydrogen-bond donors (Lipinski definition) is 1. The maximum Gasteiger partial charge on any atom is 0.262 e. The molecular weight excluding hydrogens is 412 g/mol. The van der Waals surface area contributed by atoms with Gasteiger partial charge in [0.1, 0.15) is 21.9 Å². The highest BCUT2D eigenvalue weighted by molar-refractivity contribution is 7.20. The van der Waals surface area contributed by atoms with E-state index >= 15 is 0 Å². The molecule has 1 aliphatic rings. The van der Waals surface area contributed by atoms with Crippen molar-refractivity contribution in [3.63, 3.8) is 0 Å². The van der Waals surface area contributed by atoms with Crippen LogP contribution in [0.1, 0.15) is 33.9 Å². The van der Waals surface area contributed by atoms with E-state index in [0.717, 1.165) is 40.9 Å². The van der Waals surface area contributed by atoms with Gasteiger partial charge in [-0.25, -0.2) is 4.98 Å². The molecule has 158 valence electrons. The zero-order valence-corrected chi connectivity index (χ0v) is 18.0. The third kappa shape index (κ3) is 3.57. The summed E-state index contributed by atoms with van der Waals surface area (Å²) in [6.07, 6.45) is 4.17. The molecule has 1 aliphatic heterocycles. The molecule has 5 rings (SSSR count). The lowest BCUT2D eigenvalue weighted by molar-refractivity contribution is 0.0955. The summed E-state index contributed by atoms with van der Waals surface area (Å²) in [5.74, 6) is 1.40. The van der Waals surface area contributed by atoms with Gasteiger partial charge in [-0.3, -0.25) is 19.1 Å². The molecular formula is C23H22N4O3S. The lowest BCUT2D eigenvalue weighted by atomic mass is 10.2. The number of rotatable bonds is 6. The Morgan fingerprint density at radius 3 is 3.06 bits per heavy atom. The van der Waals surface area contributed by atoms with Gasteiger partial charge in [-0.1, -0.05) is 18.2 Å². The van der Waals surface area contributed by atoms with Crippen molar-refractivity contribution in [1.82, 2.24) is 19.9 Å². The van der Waals surface area contributed by atoms with Crippen LogP contribution < -0.4 is 15.6 Å². The van der Waals surface area contributed by atoms with E-state index in [2.05, 4.69) is 15.3 Å². The number of thiophene rings is 1. The number of aromatic nitrogens is 3. The number of carbonyl (C=O) groups is 1. The van der Waals surface area contributed by atoms with E-state index < -0.39 is 0 Å². The molecule has 0 saturated carbocycles. The Morgan fingerprint density at radius 1 is 1.29 bits per heavy atom. The third-order valence-electron chi connectivity index (χ3n) is 5.58. The summed E-state index contributed by atoms with van der Waals surface area (Å²) in [7, 11) is 0. The van der Waals surface area contributed by atoms with Gasteiger partial charge in [0.05, 0.1) is 16.9 Å². The van der Waals surface area contributed by atoms with Gasteiger partial charge in [0, 0.05) is 31.1 Å². The zero-order chi connectivity index (χ0) is 21.4. The molecule has 0 saturated heterocycles. The highest BCUT2D eigenvalue weighted by atomic mass is 32.1. The topological polar surface area (TPSA) is 86.1 Å². The summed E-state index contributed by atoms with van der Waals surface area (Å²) in [5.41, 5.74) is 1.53. The molecule has 0 unspecified atom stereocenters. The highest BCUT2D eigenvalue weighted by Gasteiger charge is 2.23. The summed E-state index contributed by atoms with van der Waals surface area (Å²) >= 11 is 1.30. The minimum absolute atomic E-state index is 0.0256. The predicted molar refractivity (Wildman–Crippen MR) is 121 cm³/mol. The molecule has 0 atom stereocenters. The van der Waals surface area contributed by atoms with Crippen LogP contribution in [0.15, 0.2) is 41.3 Å². The molecule has 1 aromatic carbocycles. The molecule has 7 nitrogen and oxygen atoms in total. The van der Waals surface area contributed by atoms with E-state index in [1.54, 1.807) is 10.8 Å². The number of amides is 1. The third-order valence-corrected chi connectivity index (χ3v) is 6.76. The minimum atomic E-state index is -0.170. The number of para-hydroxylation sites is 1. The van der Waals surface area contributed by atoms with Gasteiger partial charge in [-0.05, 0) is 37.5 Å². The molecule has 4 heterocycles. The van der Waals surface area contributed by atoms with Gasteiger partial charge in [0.2, 0.25) is 0 Å². The average molecular weight is 435 g/mol. The Labute approximate surface area is 182 Å². The van der Waals surface area contributed by atoms with E-state index in [0.29, 0.717) is 41.2 Å². The number of fused-ring (bicyclic) bond motifs is 3. The summed E-state index contributed by atoms with van der Waals surface area (Å²) in [6, 6.07) is 9.74. The number of ether oxygens (including phenoxy) is 1. The molecule has 8 heteroatoms. The molecule has 0 bridgehead atoms. The molecule has 3 aromatic heterocycles. The van der Waals surface area contributed by atoms with Gasteiger partial charge >= 0.3 is 0 Å². The van der Waals surface area contributed by atoms with E-state index in [1.165, 1.54) is 11.3 Å². The minimum Gasteiger partial charge on any atom is -0.491 e. The number of carbonyl (C=O) groups excluding carboxylic acids is 1. The molecule has 0 fully saturated rings. The molecule has 0 spiro atoms. The fraction of sp³-hybridized carbons (Fsp3) is 0.304. The second kappa shape index (κ2) is 8.11. The van der Waals surface area contributed by atoms with Crippen molar-refractivity contribution in [2.45, 2.75) is 32.7 Å². The van der Waals surface area contributed by atoms with E-state index in [9.17, 15) is 9.59 Å². The smallest absolute Gasteiger partial charge is 0.262 e. The van der Waals surface area contributed by atoms with E-state index in [1.807, 2.05) is 37.3 Å². The van der Waals surface area contributed by atoms with E-state index in [4.69, 9.17) is 4.74 Å². The first-order valence-corrected chi connectivity index (χ1v) is 11.2. The fourth-order valence-corrected chi connectivity index (χ4v) is 5.13. The Bertz CT molecular complexity index is 1350. The fourth-order valence-electron chi connectivity index (χ4n) is 4.02. The Morgan fingerprint density at radius 2 is 2.16 bits per heavy atom. The number of aryl methyl sites for hydroxylation is 2. The second-order valence-corrected chi connectivity index (χ2v) is 8.61. The van der Waals surface area contributed by atoms with Crippen LogP contribution >= 0.6 is 11.3 Å². The van der Waals surface area contributed by atoms with Crippen molar-refractivity contribution >= 4 is 38.4 Å². The second-order valence-electron chi connectivity index (χ2n) is 7.61. The summed E-state index contributed by atoms with van der Waals surface area (Å²) in [6.45, 7) is 3.49. The molecule has 31 heavy (non-hydrogen) atoms. The number of nitrogens with one attached hydrogen (secondary N) is 1. The number of benzene rings is 1. The standard InChI is InChI=1S/C23H22N4O3S/c1-14-18-22(26-17-9-4-12-27(17)23(18)29)31-20(14)21(28)25-11-5-13-30-16-8-2-6-15-7-3-10-24-19(15)16/h2-3,6-8,10H,4-5,9,11-13H2,1H3,(H,25,28). The van der Waals surface area contributed by atoms with Gasteiger partial charge in [-0.2, -0.15) is 0 Å². The number of pyridine rings is 1. The van der Waals surface area contributed by atoms with Crippen molar-refractivity contribution in [3.05, 3.63) is 63.1 Å². The van der Waals surface area contributed by atoms with Crippen LogP contribution in [0.4, 0.5) is 0 Å². The van der Waals surface area contributed by atoms with Crippen LogP contribution in [0, 0.1) is 6.92 Å². The molecule has 1 amide bonds. The van der Waals surface area contributed by atoms with Gasteiger partial charge < -0.3 is 10.1 Å². The molecule has 0 radical (unpaired) electrons. The number of nitrogens with zero attached hydrogens (tertiary/aromatic N) is 3. The lowest BCUT2D eigenvalue weighted by Crippen LogP contribution is -2.25. The van der Waals surface area contributed by atoms with Crippen molar-refractivity contribution in [1.29, 1.82) is 0 Å². The van der Waals surface area contributed by atoms with Gasteiger partial charge in [0.25, 0.3) is 11.5 Å². The van der Waals surface area contributed by atoms with Crippen LogP contribution in [-0.2, 0) is 13.0 Å². The lowest BCUT2D eigenvalue weighted by Gasteiger charge is -2.09. The van der Waals surface area contributed by atoms with E-state index in [-0.39, 0.29) is 11.5 Å². The van der Waals surface area contributed by atoms with Gasteiger partial charge in [-0.15, -0.1) is 11.3 Å². The highest BCUT2D eigenvalue weighted by Crippen LogP contribution is 2.28. The van der Waals surface area contributed by atoms with Gasteiger partial charge in [0.15, 0.2) is 0 Å². The van der Waals surface area contributed by atoms with Crippen LogP contribution in [0.25, 0.3) is 21.1 Å². The first-order chi connectivity index (χ1) is 15.1. The zero-order valence-electron chi connectivity index (χ0n) is 17.2. The maximum absolute atomic E-state index is 12.8. The number of hydrogen-bond acceptors (Lipinski definition) is 6. The van der Waals surface area contributed by atoms with Crippen LogP contribution in [-0.4, -0.2) is 33.6 Å². The Hall–Kier alpha value is -3.26. The molecule has 0 aliphatic carbocycles. The van der Waals surface area contributed by atoms with Crippen molar-refractivity contribution in [2.75, 3.05) is 13.2 Å². The quantitative estimate of drug-likeness (QED) is 0.470. The normalized spacial score (nSPS) is 12.9. The largest absolute Gasteiger partial charge is 0.491 e. The molecule has 4 aromatic rings. The van der Waals surface area contributed by atoms with Crippen LogP contribution in [0.2, 0.25) is 0 Å². The summed E-state index contributed by atoms with van der Waals surface area (Å²) in [4.78, 5) is 35.7. The average Bonchev–Trinajstić information content (AvgIpc) is 3.38. The SMILES string of the molecule is Cc1c(C(=O)NCCCOc2cccc3cccnc23)sc2nc3n(c(=O)c12)CCC3. The maximum atomic E-state index is 12.8. The first-order valence-electron chi connectivity index (χ1n) is 10.4. The monoisotopic (exact) mass is 434 g/mol. The summed E-state index contributed by atoms with van der Waals surface area (Å²) < 4.78 is 7.61. The molecule has 1 N–H and O–H groups in total. The summed E-state index contributed by atoms with van der Waals surface area (Å²) in [5, 5.41) is 4.55. The predicted octanol–water partition coefficient (Wildman–Crippen LogP) is 3.46. The van der Waals surface area contributed by atoms with Crippen LogP contribution in [0.5, 0.6) is 5.75 Å². The Kier molecular flexibility index (Phi) is 5.15.